The van der Waals surface area contributed by atoms with Crippen LogP contribution >= 0.6 is 11.8 Å². The van der Waals surface area contributed by atoms with Crippen molar-refractivity contribution >= 4 is 34.3 Å². The van der Waals surface area contributed by atoms with Gasteiger partial charge in [0.1, 0.15) is 5.82 Å². The second-order valence-electron chi connectivity index (χ2n) is 11.1. The number of allylic oxidation sites excluding steroid dienone is 8. The van der Waals surface area contributed by atoms with Gasteiger partial charge in [0.25, 0.3) is 0 Å². The van der Waals surface area contributed by atoms with Gasteiger partial charge in [0.15, 0.2) is 0 Å². The average molecular weight is 523 g/mol. The fourth-order valence-electron chi connectivity index (χ4n) is 6.69. The highest BCUT2D eigenvalue weighted by Gasteiger charge is 2.33. The van der Waals surface area contributed by atoms with Gasteiger partial charge in [-0.25, -0.2) is 4.98 Å². The van der Waals surface area contributed by atoms with Crippen LogP contribution in [0.1, 0.15) is 48.1 Å². The van der Waals surface area contributed by atoms with Crippen molar-refractivity contribution in [2.75, 3.05) is 0 Å². The lowest BCUT2D eigenvalue weighted by atomic mass is 9.90. The van der Waals surface area contributed by atoms with Crippen molar-refractivity contribution in [2.24, 2.45) is 5.92 Å². The third kappa shape index (κ3) is 3.75. The molecular formula is C36H30N2S. The summed E-state index contributed by atoms with van der Waals surface area (Å²) in [7, 11) is 0. The minimum atomic E-state index is 0.470. The Morgan fingerprint density at radius 1 is 0.949 bits per heavy atom. The highest BCUT2D eigenvalue weighted by Crippen LogP contribution is 2.52. The summed E-state index contributed by atoms with van der Waals surface area (Å²) in [5.74, 6) is 2.02. The molecule has 3 aliphatic carbocycles. The number of benzene rings is 2. The van der Waals surface area contributed by atoms with Crippen molar-refractivity contribution in [3.8, 4) is 16.9 Å². The van der Waals surface area contributed by atoms with E-state index in [1.807, 2.05) is 18.0 Å². The van der Waals surface area contributed by atoms with E-state index in [0.29, 0.717) is 17.1 Å². The first kappa shape index (κ1) is 23.1. The molecule has 39 heavy (non-hydrogen) atoms. The lowest BCUT2D eigenvalue weighted by Crippen LogP contribution is -2.06. The summed E-state index contributed by atoms with van der Waals surface area (Å²) in [4.78, 5) is 6.35. The molecule has 4 aromatic rings. The quantitative estimate of drug-likeness (QED) is 0.267. The second-order valence-corrected chi connectivity index (χ2v) is 12.3. The van der Waals surface area contributed by atoms with E-state index in [0.717, 1.165) is 25.1 Å². The summed E-state index contributed by atoms with van der Waals surface area (Å²) in [6, 6.07) is 18.3. The molecule has 2 aromatic heterocycles. The van der Waals surface area contributed by atoms with Gasteiger partial charge in [-0.3, -0.25) is 4.57 Å². The van der Waals surface area contributed by atoms with Gasteiger partial charge in [-0.2, -0.15) is 0 Å². The Morgan fingerprint density at radius 3 is 2.85 bits per heavy atom. The Labute approximate surface area is 234 Å². The first-order valence-corrected chi connectivity index (χ1v) is 15.0. The SMILES string of the molecule is CC1C=C(c2ccnc(-n3c4c(c5ccc(-c6cccc7c6SC6C=CC=CC76)cc53)CCC=C4)c2)C=CC1. The molecule has 0 fully saturated rings. The van der Waals surface area contributed by atoms with Crippen LogP contribution in [0.15, 0.2) is 108 Å². The van der Waals surface area contributed by atoms with Gasteiger partial charge < -0.3 is 0 Å². The van der Waals surface area contributed by atoms with Crippen LogP contribution in [-0.4, -0.2) is 14.8 Å². The van der Waals surface area contributed by atoms with E-state index in [9.17, 15) is 0 Å². The van der Waals surface area contributed by atoms with Crippen molar-refractivity contribution < 1.29 is 0 Å². The summed E-state index contributed by atoms with van der Waals surface area (Å²) in [5, 5.41) is 1.84. The van der Waals surface area contributed by atoms with E-state index in [1.165, 1.54) is 54.9 Å². The zero-order valence-corrected chi connectivity index (χ0v) is 22.9. The van der Waals surface area contributed by atoms with Gasteiger partial charge in [-0.05, 0) is 82.8 Å². The number of fused-ring (bicyclic) bond motifs is 6. The molecule has 0 radical (unpaired) electrons. The number of pyridine rings is 1. The summed E-state index contributed by atoms with van der Waals surface area (Å²) >= 11 is 2.01. The lowest BCUT2D eigenvalue weighted by Gasteiger charge is -2.15. The average Bonchev–Trinajstić information content (AvgIpc) is 3.53. The molecule has 0 saturated heterocycles. The molecule has 0 saturated carbocycles. The molecule has 2 nitrogen and oxygen atoms in total. The standard InChI is InChI=1S/C36H30N2S/c1-23-8-6-9-24(20-23)25-18-19-37-35(22-25)38-32-14-4-2-10-28(32)29-17-16-26(21-33(29)38)27-12-7-13-31-30-11-3-5-15-34(30)39-36(27)31/h3-7,9,11-23,30,34H,2,8,10H2,1H3. The zero-order chi connectivity index (χ0) is 25.9. The minimum Gasteiger partial charge on any atom is -0.294 e. The van der Waals surface area contributed by atoms with Gasteiger partial charge in [-0.1, -0.05) is 85.9 Å². The largest absolute Gasteiger partial charge is 0.294 e. The smallest absolute Gasteiger partial charge is 0.138 e. The molecule has 3 unspecified atom stereocenters. The number of aryl methyl sites for hydroxylation is 1. The van der Waals surface area contributed by atoms with E-state index >= 15 is 0 Å². The molecular weight excluding hydrogens is 492 g/mol. The Bertz CT molecular complexity index is 1790. The Balaban J connectivity index is 1.31. The molecule has 0 amide bonds. The van der Waals surface area contributed by atoms with Gasteiger partial charge in [0.05, 0.1) is 11.2 Å². The third-order valence-electron chi connectivity index (χ3n) is 8.58. The van der Waals surface area contributed by atoms with E-state index in [-0.39, 0.29) is 0 Å². The monoisotopic (exact) mass is 522 g/mol. The fraction of sp³-hybridized carbons (Fsp3) is 0.194. The molecule has 3 heteroatoms. The highest BCUT2D eigenvalue weighted by atomic mass is 32.2. The van der Waals surface area contributed by atoms with Crippen molar-refractivity contribution in [3.63, 3.8) is 0 Å². The lowest BCUT2D eigenvalue weighted by molar-refractivity contribution is 0.740. The Hall–Kier alpha value is -3.82. The van der Waals surface area contributed by atoms with E-state index in [1.54, 1.807) is 0 Å². The molecule has 0 spiro atoms. The Morgan fingerprint density at radius 2 is 1.90 bits per heavy atom. The molecule has 2 aromatic carbocycles. The maximum Gasteiger partial charge on any atom is 0.138 e. The molecule has 1 aliphatic heterocycles. The summed E-state index contributed by atoms with van der Waals surface area (Å²) in [5.41, 5.74) is 10.5. The number of thioether (sulfide) groups is 1. The number of hydrogen-bond donors (Lipinski definition) is 0. The van der Waals surface area contributed by atoms with Gasteiger partial charge >= 0.3 is 0 Å². The normalized spacial score (nSPS) is 22.6. The van der Waals surface area contributed by atoms with Crippen LogP contribution in [0.2, 0.25) is 0 Å². The maximum atomic E-state index is 4.92. The van der Waals surface area contributed by atoms with Crippen LogP contribution in [0, 0.1) is 5.92 Å². The zero-order valence-electron chi connectivity index (χ0n) is 22.0. The second kappa shape index (κ2) is 9.14. The number of aromatic nitrogens is 2. The molecule has 3 heterocycles. The molecule has 0 N–H and O–H groups in total. The van der Waals surface area contributed by atoms with Crippen molar-refractivity contribution in [3.05, 3.63) is 126 Å². The number of rotatable bonds is 3. The highest BCUT2D eigenvalue weighted by molar-refractivity contribution is 8.00. The maximum absolute atomic E-state index is 4.92. The summed E-state index contributed by atoms with van der Waals surface area (Å²) < 4.78 is 2.39. The van der Waals surface area contributed by atoms with Crippen LogP contribution < -0.4 is 0 Å². The summed E-state index contributed by atoms with van der Waals surface area (Å²) in [6.07, 6.45) is 25.9. The van der Waals surface area contributed by atoms with Crippen molar-refractivity contribution in [1.82, 2.24) is 9.55 Å². The van der Waals surface area contributed by atoms with Crippen molar-refractivity contribution in [1.29, 1.82) is 0 Å². The van der Waals surface area contributed by atoms with E-state index in [4.69, 9.17) is 4.98 Å². The number of nitrogens with zero attached hydrogens (tertiary/aromatic N) is 2. The molecule has 3 atom stereocenters. The van der Waals surface area contributed by atoms with Crippen LogP contribution in [0.4, 0.5) is 0 Å². The van der Waals surface area contributed by atoms with Gasteiger partial charge in [0.2, 0.25) is 0 Å². The molecule has 4 aliphatic rings. The third-order valence-corrected chi connectivity index (χ3v) is 10.00. The Kier molecular flexibility index (Phi) is 5.41. The van der Waals surface area contributed by atoms with Crippen LogP contribution in [0.3, 0.4) is 0 Å². The molecule has 8 rings (SSSR count). The van der Waals surface area contributed by atoms with Gasteiger partial charge in [0, 0.05) is 27.6 Å². The summed E-state index contributed by atoms with van der Waals surface area (Å²) in [6.45, 7) is 2.29. The van der Waals surface area contributed by atoms with Crippen LogP contribution in [0.25, 0.3) is 39.5 Å². The first-order chi connectivity index (χ1) is 19.2. The van der Waals surface area contributed by atoms with Crippen LogP contribution in [-0.2, 0) is 6.42 Å². The predicted molar refractivity (Wildman–Crippen MR) is 165 cm³/mol. The topological polar surface area (TPSA) is 17.8 Å². The fourth-order valence-corrected chi connectivity index (χ4v) is 8.17. The predicted octanol–water partition coefficient (Wildman–Crippen LogP) is 9.32. The molecule has 0 bridgehead atoms. The van der Waals surface area contributed by atoms with Crippen molar-refractivity contribution in [2.45, 2.75) is 42.2 Å². The van der Waals surface area contributed by atoms with E-state index in [2.05, 4.69) is 115 Å². The number of hydrogen-bond acceptors (Lipinski definition) is 2. The van der Waals surface area contributed by atoms with E-state index < -0.39 is 0 Å². The van der Waals surface area contributed by atoms with Crippen LogP contribution in [0.5, 0.6) is 0 Å². The minimum absolute atomic E-state index is 0.470. The molecule has 190 valence electrons. The first-order valence-electron chi connectivity index (χ1n) is 14.1. The van der Waals surface area contributed by atoms with Gasteiger partial charge in [-0.15, -0.1) is 11.8 Å².